The van der Waals surface area contributed by atoms with Crippen LogP contribution in [0.3, 0.4) is 0 Å². The Balaban J connectivity index is 1.59. The molecule has 1 aliphatic rings. The van der Waals surface area contributed by atoms with E-state index in [1.165, 1.54) is 11.3 Å². The molecule has 0 bridgehead atoms. The monoisotopic (exact) mass is 313 g/mol. The molecule has 0 aliphatic carbocycles. The van der Waals surface area contributed by atoms with E-state index in [4.69, 9.17) is 11.6 Å². The maximum absolute atomic E-state index is 12.0. The summed E-state index contributed by atoms with van der Waals surface area (Å²) in [7, 11) is 0. The van der Waals surface area contributed by atoms with Crippen molar-refractivity contribution in [3.63, 3.8) is 0 Å². The zero-order valence-electron chi connectivity index (χ0n) is 10.0. The average Bonchev–Trinajstić information content (AvgIpc) is 3.07. The first-order valence-electron chi connectivity index (χ1n) is 5.93. The van der Waals surface area contributed by atoms with Crippen LogP contribution in [0.2, 0.25) is 4.34 Å². The Kier molecular flexibility index (Phi) is 3.72. The minimum Gasteiger partial charge on any atom is -0.347 e. The van der Waals surface area contributed by atoms with Gasteiger partial charge in [0.15, 0.2) is 5.13 Å². The SMILES string of the molecule is O=C(N[C@@H]1CCN(c2nccs2)C1)c1ccc(Cl)s1. The van der Waals surface area contributed by atoms with Crippen LogP contribution in [-0.4, -0.2) is 30.0 Å². The van der Waals surface area contributed by atoms with Crippen LogP contribution in [0.4, 0.5) is 5.13 Å². The lowest BCUT2D eigenvalue weighted by Crippen LogP contribution is -2.36. The summed E-state index contributed by atoms with van der Waals surface area (Å²) >= 11 is 8.77. The fraction of sp³-hybridized carbons (Fsp3) is 0.333. The summed E-state index contributed by atoms with van der Waals surface area (Å²) in [5, 5.41) is 6.04. The molecule has 19 heavy (non-hydrogen) atoms. The molecule has 0 saturated carbocycles. The summed E-state index contributed by atoms with van der Waals surface area (Å²) in [6, 6.07) is 3.69. The van der Waals surface area contributed by atoms with E-state index in [0.717, 1.165) is 24.6 Å². The van der Waals surface area contributed by atoms with Gasteiger partial charge in [-0.2, -0.15) is 0 Å². The van der Waals surface area contributed by atoms with Crippen molar-refractivity contribution in [3.8, 4) is 0 Å². The van der Waals surface area contributed by atoms with E-state index < -0.39 is 0 Å². The van der Waals surface area contributed by atoms with Crippen molar-refractivity contribution in [2.45, 2.75) is 12.5 Å². The molecule has 3 heterocycles. The molecule has 1 saturated heterocycles. The molecule has 7 heteroatoms. The molecule has 0 radical (unpaired) electrons. The summed E-state index contributed by atoms with van der Waals surface area (Å²) in [5.41, 5.74) is 0. The minimum atomic E-state index is -0.0390. The van der Waals surface area contributed by atoms with Crippen LogP contribution < -0.4 is 10.2 Å². The van der Waals surface area contributed by atoms with Gasteiger partial charge in [0.1, 0.15) is 0 Å². The standard InChI is InChI=1S/C12H12ClN3OS2/c13-10-2-1-9(19-10)11(17)15-8-3-5-16(7-8)12-14-4-6-18-12/h1-2,4,6,8H,3,5,7H2,(H,15,17)/t8-/m1/s1. The van der Waals surface area contributed by atoms with E-state index in [2.05, 4.69) is 15.2 Å². The molecule has 2 aromatic rings. The fourth-order valence-corrected chi connectivity index (χ4v) is 3.74. The first kappa shape index (κ1) is 12.9. The number of thiazole rings is 1. The number of carbonyl (C=O) groups is 1. The van der Waals surface area contributed by atoms with Gasteiger partial charge in [0, 0.05) is 30.7 Å². The Bertz CT molecular complexity index is 569. The van der Waals surface area contributed by atoms with Gasteiger partial charge in [0.2, 0.25) is 0 Å². The Labute approximate surface area is 124 Å². The molecule has 1 amide bonds. The number of thiophene rings is 1. The van der Waals surface area contributed by atoms with E-state index in [1.54, 1.807) is 29.7 Å². The van der Waals surface area contributed by atoms with Gasteiger partial charge in [-0.3, -0.25) is 4.79 Å². The molecule has 1 fully saturated rings. The third-order valence-electron chi connectivity index (χ3n) is 3.01. The van der Waals surface area contributed by atoms with Crippen LogP contribution >= 0.6 is 34.3 Å². The molecule has 3 rings (SSSR count). The van der Waals surface area contributed by atoms with Crippen molar-refractivity contribution in [1.82, 2.24) is 10.3 Å². The van der Waals surface area contributed by atoms with Gasteiger partial charge in [-0.25, -0.2) is 4.98 Å². The molecular formula is C12H12ClN3OS2. The third kappa shape index (κ3) is 2.91. The van der Waals surface area contributed by atoms with Gasteiger partial charge < -0.3 is 10.2 Å². The van der Waals surface area contributed by atoms with Crippen LogP contribution in [0, 0.1) is 0 Å². The van der Waals surface area contributed by atoms with E-state index in [1.807, 2.05) is 5.38 Å². The second kappa shape index (κ2) is 5.48. The van der Waals surface area contributed by atoms with Crippen molar-refractivity contribution in [3.05, 3.63) is 32.9 Å². The third-order valence-corrected chi connectivity index (χ3v) is 5.07. The second-order valence-electron chi connectivity index (χ2n) is 4.32. The number of aromatic nitrogens is 1. The average molecular weight is 314 g/mol. The molecule has 0 spiro atoms. The number of hydrogen-bond acceptors (Lipinski definition) is 5. The predicted octanol–water partition coefficient (Wildman–Crippen LogP) is 2.87. The second-order valence-corrected chi connectivity index (χ2v) is 6.91. The van der Waals surface area contributed by atoms with Crippen molar-refractivity contribution < 1.29 is 4.79 Å². The highest BCUT2D eigenvalue weighted by Gasteiger charge is 2.25. The number of nitrogens with one attached hydrogen (secondary N) is 1. The first-order valence-corrected chi connectivity index (χ1v) is 8.00. The molecule has 1 aliphatic heterocycles. The zero-order valence-corrected chi connectivity index (χ0v) is 12.4. The lowest BCUT2D eigenvalue weighted by Gasteiger charge is -2.15. The molecule has 0 aromatic carbocycles. The summed E-state index contributed by atoms with van der Waals surface area (Å²) in [4.78, 5) is 19.2. The molecule has 1 atom stereocenters. The normalized spacial score (nSPS) is 18.8. The highest BCUT2D eigenvalue weighted by Crippen LogP contribution is 2.24. The van der Waals surface area contributed by atoms with Gasteiger partial charge in [-0.05, 0) is 18.6 Å². The Morgan fingerprint density at radius 2 is 2.42 bits per heavy atom. The van der Waals surface area contributed by atoms with Gasteiger partial charge in [-0.1, -0.05) is 11.6 Å². The van der Waals surface area contributed by atoms with Crippen molar-refractivity contribution in [2.24, 2.45) is 0 Å². The number of rotatable bonds is 3. The molecule has 100 valence electrons. The number of hydrogen-bond donors (Lipinski definition) is 1. The van der Waals surface area contributed by atoms with E-state index in [-0.39, 0.29) is 11.9 Å². The smallest absolute Gasteiger partial charge is 0.261 e. The number of carbonyl (C=O) groups excluding carboxylic acids is 1. The van der Waals surface area contributed by atoms with E-state index >= 15 is 0 Å². The Morgan fingerprint density at radius 1 is 1.53 bits per heavy atom. The lowest BCUT2D eigenvalue weighted by molar-refractivity contribution is 0.0944. The maximum Gasteiger partial charge on any atom is 0.261 e. The highest BCUT2D eigenvalue weighted by molar-refractivity contribution is 7.18. The Morgan fingerprint density at radius 3 is 3.11 bits per heavy atom. The van der Waals surface area contributed by atoms with Crippen molar-refractivity contribution in [2.75, 3.05) is 18.0 Å². The summed E-state index contributed by atoms with van der Waals surface area (Å²) < 4.78 is 0.640. The van der Waals surface area contributed by atoms with Crippen molar-refractivity contribution >= 4 is 45.3 Å². The largest absolute Gasteiger partial charge is 0.347 e. The predicted molar refractivity (Wildman–Crippen MR) is 79.5 cm³/mol. The lowest BCUT2D eigenvalue weighted by atomic mass is 10.2. The zero-order chi connectivity index (χ0) is 13.2. The topological polar surface area (TPSA) is 45.2 Å². The molecule has 1 N–H and O–H groups in total. The van der Waals surface area contributed by atoms with E-state index in [0.29, 0.717) is 9.21 Å². The van der Waals surface area contributed by atoms with Crippen LogP contribution in [-0.2, 0) is 0 Å². The van der Waals surface area contributed by atoms with Crippen LogP contribution in [0.5, 0.6) is 0 Å². The van der Waals surface area contributed by atoms with E-state index in [9.17, 15) is 4.79 Å². The van der Waals surface area contributed by atoms with Gasteiger partial charge >= 0.3 is 0 Å². The van der Waals surface area contributed by atoms with Crippen LogP contribution in [0.1, 0.15) is 16.1 Å². The summed E-state index contributed by atoms with van der Waals surface area (Å²) in [5.74, 6) is -0.0390. The van der Waals surface area contributed by atoms with Crippen molar-refractivity contribution in [1.29, 1.82) is 0 Å². The van der Waals surface area contributed by atoms with Gasteiger partial charge in [0.05, 0.1) is 9.21 Å². The summed E-state index contributed by atoms with van der Waals surface area (Å²) in [6.07, 6.45) is 2.75. The number of halogens is 1. The molecule has 0 unspecified atom stereocenters. The number of anilines is 1. The maximum atomic E-state index is 12.0. The van der Waals surface area contributed by atoms with Crippen LogP contribution in [0.15, 0.2) is 23.7 Å². The summed E-state index contributed by atoms with van der Waals surface area (Å²) in [6.45, 7) is 1.75. The minimum absolute atomic E-state index is 0.0390. The number of nitrogens with zero attached hydrogens (tertiary/aromatic N) is 2. The molecular weight excluding hydrogens is 302 g/mol. The quantitative estimate of drug-likeness (QED) is 0.947. The molecule has 2 aromatic heterocycles. The van der Waals surface area contributed by atoms with Crippen LogP contribution in [0.25, 0.3) is 0 Å². The van der Waals surface area contributed by atoms with Gasteiger partial charge in [0.25, 0.3) is 5.91 Å². The fourth-order valence-electron chi connectivity index (χ4n) is 2.12. The Hall–Kier alpha value is -1.11. The van der Waals surface area contributed by atoms with Gasteiger partial charge in [-0.15, -0.1) is 22.7 Å². The number of amides is 1. The highest BCUT2D eigenvalue weighted by atomic mass is 35.5. The molecule has 4 nitrogen and oxygen atoms in total. The first-order chi connectivity index (χ1) is 9.22.